The minimum Gasteiger partial charge on any atom is -0.491 e. The Hall–Kier alpha value is -1.06. The van der Waals surface area contributed by atoms with Gasteiger partial charge in [0, 0.05) is 18.6 Å². The highest BCUT2D eigenvalue weighted by molar-refractivity contribution is 5.39. The predicted octanol–water partition coefficient (Wildman–Crippen LogP) is 4.12. The monoisotopic (exact) mass is 319 g/mol. The molecule has 1 saturated heterocycles. The van der Waals surface area contributed by atoms with E-state index in [1.54, 1.807) is 0 Å². The number of aliphatic hydroxyl groups excluding tert-OH is 1. The SMILES string of the molecule is Cc1ccc(C(C)C)c(OC[C@@H](O)CN2[C@@H](C)CCC[C@@H]2C)c1. The molecule has 1 aromatic carbocycles. The highest BCUT2D eigenvalue weighted by Gasteiger charge is 2.26. The van der Waals surface area contributed by atoms with Crippen molar-refractivity contribution < 1.29 is 9.84 Å². The minimum atomic E-state index is -0.446. The maximum atomic E-state index is 10.4. The molecule has 130 valence electrons. The Bertz CT molecular complexity index is 490. The molecular formula is C20H33NO2. The first-order valence-electron chi connectivity index (χ1n) is 9.05. The highest BCUT2D eigenvalue weighted by Crippen LogP contribution is 2.28. The van der Waals surface area contributed by atoms with E-state index in [2.05, 4.69) is 57.7 Å². The van der Waals surface area contributed by atoms with E-state index in [-0.39, 0.29) is 0 Å². The van der Waals surface area contributed by atoms with Crippen molar-refractivity contribution in [1.29, 1.82) is 0 Å². The molecule has 0 spiro atoms. The Morgan fingerprint density at radius 2 is 1.87 bits per heavy atom. The molecule has 0 bridgehead atoms. The Kier molecular flexibility index (Phi) is 6.49. The number of nitrogens with zero attached hydrogens (tertiary/aromatic N) is 1. The van der Waals surface area contributed by atoms with Crippen molar-refractivity contribution in [3.05, 3.63) is 29.3 Å². The molecule has 2 rings (SSSR count). The van der Waals surface area contributed by atoms with Gasteiger partial charge in [0.1, 0.15) is 18.5 Å². The summed E-state index contributed by atoms with van der Waals surface area (Å²) >= 11 is 0. The van der Waals surface area contributed by atoms with Gasteiger partial charge in [0.25, 0.3) is 0 Å². The molecule has 3 nitrogen and oxygen atoms in total. The van der Waals surface area contributed by atoms with Crippen molar-refractivity contribution >= 4 is 0 Å². The number of hydrogen-bond donors (Lipinski definition) is 1. The Morgan fingerprint density at radius 3 is 2.48 bits per heavy atom. The van der Waals surface area contributed by atoms with Crippen molar-refractivity contribution in [2.75, 3.05) is 13.2 Å². The van der Waals surface area contributed by atoms with Crippen LogP contribution in [-0.2, 0) is 0 Å². The maximum Gasteiger partial charge on any atom is 0.123 e. The zero-order valence-corrected chi connectivity index (χ0v) is 15.4. The number of aliphatic hydroxyl groups is 1. The topological polar surface area (TPSA) is 32.7 Å². The minimum absolute atomic E-state index is 0.360. The van der Waals surface area contributed by atoms with E-state index in [1.165, 1.54) is 30.4 Å². The average Bonchev–Trinajstić information content (AvgIpc) is 2.49. The van der Waals surface area contributed by atoms with E-state index in [1.807, 2.05) is 0 Å². The lowest BCUT2D eigenvalue weighted by Gasteiger charge is -2.40. The number of benzene rings is 1. The summed E-state index contributed by atoms with van der Waals surface area (Å²) in [5.41, 5.74) is 2.40. The van der Waals surface area contributed by atoms with Crippen LogP contribution in [0.3, 0.4) is 0 Å². The lowest BCUT2D eigenvalue weighted by Crippen LogP contribution is -2.48. The molecule has 0 saturated carbocycles. The van der Waals surface area contributed by atoms with Crippen LogP contribution < -0.4 is 4.74 Å². The van der Waals surface area contributed by atoms with Crippen LogP contribution in [0.15, 0.2) is 18.2 Å². The number of rotatable bonds is 6. The average molecular weight is 319 g/mol. The van der Waals surface area contributed by atoms with Crippen LogP contribution >= 0.6 is 0 Å². The summed E-state index contributed by atoms with van der Waals surface area (Å²) in [5, 5.41) is 10.4. The third-order valence-corrected chi connectivity index (χ3v) is 5.02. The molecule has 1 N–H and O–H groups in total. The molecular weight excluding hydrogens is 286 g/mol. The van der Waals surface area contributed by atoms with Crippen molar-refractivity contribution in [3.8, 4) is 5.75 Å². The van der Waals surface area contributed by atoms with Gasteiger partial charge >= 0.3 is 0 Å². The van der Waals surface area contributed by atoms with Gasteiger partial charge in [-0.1, -0.05) is 32.4 Å². The molecule has 0 aromatic heterocycles. The molecule has 1 fully saturated rings. The Labute approximate surface area is 141 Å². The van der Waals surface area contributed by atoms with Crippen LogP contribution in [0.1, 0.15) is 64.0 Å². The largest absolute Gasteiger partial charge is 0.491 e. The van der Waals surface area contributed by atoms with E-state index < -0.39 is 6.10 Å². The van der Waals surface area contributed by atoms with Gasteiger partial charge in [-0.3, -0.25) is 4.90 Å². The molecule has 3 atom stereocenters. The van der Waals surface area contributed by atoms with Crippen LogP contribution in [0.25, 0.3) is 0 Å². The van der Waals surface area contributed by atoms with Gasteiger partial charge in [0.05, 0.1) is 0 Å². The van der Waals surface area contributed by atoms with Crippen molar-refractivity contribution in [3.63, 3.8) is 0 Å². The van der Waals surface area contributed by atoms with Gasteiger partial charge in [0.2, 0.25) is 0 Å². The quantitative estimate of drug-likeness (QED) is 0.856. The first-order chi connectivity index (χ1) is 10.9. The van der Waals surface area contributed by atoms with Gasteiger partial charge in [-0.15, -0.1) is 0 Å². The lowest BCUT2D eigenvalue weighted by molar-refractivity contribution is 0.0207. The number of ether oxygens (including phenoxy) is 1. The lowest BCUT2D eigenvalue weighted by atomic mass is 9.97. The van der Waals surface area contributed by atoms with Crippen LogP contribution in [-0.4, -0.2) is 41.3 Å². The van der Waals surface area contributed by atoms with E-state index in [0.29, 0.717) is 31.2 Å². The zero-order chi connectivity index (χ0) is 17.0. The second-order valence-corrected chi connectivity index (χ2v) is 7.49. The summed E-state index contributed by atoms with van der Waals surface area (Å²) in [6.45, 7) is 12.0. The van der Waals surface area contributed by atoms with Crippen molar-refractivity contribution in [1.82, 2.24) is 4.90 Å². The molecule has 1 aliphatic rings. The number of aryl methyl sites for hydroxylation is 1. The summed E-state index contributed by atoms with van der Waals surface area (Å²) in [5.74, 6) is 1.34. The number of β-amino-alcohol motifs (C(OH)–C–C–N with tert-alkyl or cyclic N) is 1. The number of likely N-dealkylation sites (tertiary alicyclic amines) is 1. The third kappa shape index (κ3) is 4.95. The molecule has 23 heavy (non-hydrogen) atoms. The van der Waals surface area contributed by atoms with E-state index in [9.17, 15) is 5.11 Å². The predicted molar refractivity (Wildman–Crippen MR) is 96.3 cm³/mol. The second-order valence-electron chi connectivity index (χ2n) is 7.49. The van der Waals surface area contributed by atoms with Gasteiger partial charge in [-0.05, 0) is 56.7 Å². The summed E-state index contributed by atoms with van der Waals surface area (Å²) in [7, 11) is 0. The van der Waals surface area contributed by atoms with Crippen LogP contribution in [0.5, 0.6) is 5.75 Å². The first-order valence-corrected chi connectivity index (χ1v) is 9.05. The molecule has 1 heterocycles. The van der Waals surface area contributed by atoms with Gasteiger partial charge in [0.15, 0.2) is 0 Å². The van der Waals surface area contributed by atoms with Gasteiger partial charge < -0.3 is 9.84 Å². The molecule has 1 aromatic rings. The van der Waals surface area contributed by atoms with Gasteiger partial charge in [-0.2, -0.15) is 0 Å². The fraction of sp³-hybridized carbons (Fsp3) is 0.700. The highest BCUT2D eigenvalue weighted by atomic mass is 16.5. The smallest absolute Gasteiger partial charge is 0.123 e. The molecule has 0 radical (unpaired) electrons. The first kappa shape index (κ1) is 18.3. The van der Waals surface area contributed by atoms with Gasteiger partial charge in [-0.25, -0.2) is 0 Å². The second kappa shape index (κ2) is 8.16. The normalized spacial score (nSPS) is 24.0. The molecule has 3 heteroatoms. The Morgan fingerprint density at radius 1 is 1.22 bits per heavy atom. The van der Waals surface area contributed by atoms with Crippen molar-refractivity contribution in [2.45, 2.75) is 78.0 Å². The summed E-state index contributed by atoms with van der Waals surface area (Å²) in [4.78, 5) is 2.43. The molecule has 0 aliphatic carbocycles. The van der Waals surface area contributed by atoms with Crippen LogP contribution in [0, 0.1) is 6.92 Å². The summed E-state index contributed by atoms with van der Waals surface area (Å²) in [6.07, 6.45) is 3.31. The molecule has 0 unspecified atom stereocenters. The van der Waals surface area contributed by atoms with E-state index >= 15 is 0 Å². The van der Waals surface area contributed by atoms with Crippen LogP contribution in [0.2, 0.25) is 0 Å². The fourth-order valence-electron chi connectivity index (χ4n) is 3.56. The molecule has 0 amide bonds. The van der Waals surface area contributed by atoms with E-state index in [4.69, 9.17) is 4.74 Å². The summed E-state index contributed by atoms with van der Waals surface area (Å²) < 4.78 is 5.98. The number of hydrogen-bond acceptors (Lipinski definition) is 3. The van der Waals surface area contributed by atoms with Crippen LogP contribution in [0.4, 0.5) is 0 Å². The maximum absolute atomic E-state index is 10.4. The number of piperidine rings is 1. The fourth-order valence-corrected chi connectivity index (χ4v) is 3.56. The Balaban J connectivity index is 1.94. The van der Waals surface area contributed by atoms with Crippen molar-refractivity contribution in [2.24, 2.45) is 0 Å². The molecule has 1 aliphatic heterocycles. The summed E-state index contributed by atoms with van der Waals surface area (Å²) in [6, 6.07) is 7.44. The standard InChI is InChI=1S/C20H33NO2/c1-14(2)19-10-9-15(3)11-20(19)23-13-18(22)12-21-16(4)7-6-8-17(21)5/h9-11,14,16-18,22H,6-8,12-13H2,1-5H3/t16-,17-,18-/m0/s1. The third-order valence-electron chi connectivity index (χ3n) is 5.02. The van der Waals surface area contributed by atoms with E-state index in [0.717, 1.165) is 5.75 Å². The zero-order valence-electron chi connectivity index (χ0n) is 15.4.